The van der Waals surface area contributed by atoms with Crippen LogP contribution in [0.5, 0.6) is 5.75 Å². The average Bonchev–Trinajstić information content (AvgIpc) is 2.84. The molecule has 0 saturated heterocycles. The largest absolute Gasteiger partial charge is 0.492 e. The monoisotopic (exact) mass is 298 g/mol. The first-order valence-corrected chi connectivity index (χ1v) is 7.11. The molecule has 0 radical (unpaired) electrons. The van der Waals surface area contributed by atoms with Gasteiger partial charge in [-0.1, -0.05) is 13.8 Å². The average molecular weight is 298 g/mol. The molecule has 110 valence electrons. The van der Waals surface area contributed by atoms with Gasteiger partial charge in [0.15, 0.2) is 22.5 Å². The first-order valence-electron chi connectivity index (χ1n) is 6.29. The number of aryl methyl sites for hydroxylation is 2. The number of methoxy groups -OCH3 is 1. The van der Waals surface area contributed by atoms with E-state index in [2.05, 4.69) is 9.71 Å². The number of halogens is 1. The number of hydrogen-bond donors (Lipinski definition) is 1. The Labute approximate surface area is 122 Å². The van der Waals surface area contributed by atoms with Crippen LogP contribution in [0.25, 0.3) is 0 Å². The number of rotatable bonds is 4. The fraction of sp³-hybridized carbons (Fsp3) is 0.357. The van der Waals surface area contributed by atoms with E-state index in [0.29, 0.717) is 16.6 Å². The summed E-state index contributed by atoms with van der Waals surface area (Å²) in [5, 5.41) is 0.677. The third kappa shape index (κ3) is 4.16. The van der Waals surface area contributed by atoms with E-state index in [1.807, 2.05) is 26.8 Å². The maximum atomic E-state index is 13.6. The van der Waals surface area contributed by atoms with Gasteiger partial charge in [0.05, 0.1) is 12.8 Å². The summed E-state index contributed by atoms with van der Waals surface area (Å²) in [5.74, 6) is 0.381. The molecule has 2 rings (SSSR count). The lowest BCUT2D eigenvalue weighted by Crippen LogP contribution is -1.96. The third-order valence-electron chi connectivity index (χ3n) is 2.26. The fourth-order valence-electron chi connectivity index (χ4n) is 1.51. The smallest absolute Gasteiger partial charge is 0.192 e. The number of benzene rings is 1. The van der Waals surface area contributed by atoms with Gasteiger partial charge in [0.25, 0.3) is 0 Å². The Balaban J connectivity index is 0.000000956. The lowest BCUT2D eigenvalue weighted by molar-refractivity contribution is 0.388. The predicted octanol–water partition coefficient (Wildman–Crippen LogP) is 4.58. The van der Waals surface area contributed by atoms with E-state index in [0.717, 1.165) is 5.56 Å². The van der Waals surface area contributed by atoms with Crippen molar-refractivity contribution in [1.82, 2.24) is 4.98 Å². The molecule has 1 heterocycles. The summed E-state index contributed by atoms with van der Waals surface area (Å²) in [5.41, 5.74) is 1.38. The molecule has 0 spiro atoms. The van der Waals surface area contributed by atoms with Crippen molar-refractivity contribution in [2.75, 3.05) is 11.8 Å². The zero-order valence-corrected chi connectivity index (χ0v) is 13.1. The van der Waals surface area contributed by atoms with Crippen molar-refractivity contribution < 1.29 is 13.5 Å². The number of oxazole rings is 1. The molecule has 1 N–H and O–H groups in total. The Hall–Kier alpha value is -1.69. The first kappa shape index (κ1) is 16.4. The quantitative estimate of drug-likeness (QED) is 0.837. The highest BCUT2D eigenvalue weighted by Crippen LogP contribution is 2.32. The van der Waals surface area contributed by atoms with Crippen LogP contribution in [0.3, 0.4) is 0 Å². The van der Waals surface area contributed by atoms with Crippen LogP contribution < -0.4 is 9.46 Å². The van der Waals surface area contributed by atoms with Crippen molar-refractivity contribution in [2.45, 2.75) is 32.7 Å². The maximum absolute atomic E-state index is 13.6. The number of aromatic nitrogens is 1. The van der Waals surface area contributed by atoms with Crippen LogP contribution >= 0.6 is 11.9 Å². The van der Waals surface area contributed by atoms with E-state index in [-0.39, 0.29) is 5.75 Å². The molecule has 4 nitrogen and oxygen atoms in total. The summed E-state index contributed by atoms with van der Waals surface area (Å²) in [6, 6.07) is 3.23. The van der Waals surface area contributed by atoms with Gasteiger partial charge in [0, 0.05) is 18.9 Å². The van der Waals surface area contributed by atoms with Crippen LogP contribution in [0.1, 0.15) is 25.3 Å². The van der Waals surface area contributed by atoms with Gasteiger partial charge >= 0.3 is 0 Å². The highest BCUT2D eigenvalue weighted by molar-refractivity contribution is 8.00. The van der Waals surface area contributed by atoms with Crippen LogP contribution in [0.2, 0.25) is 0 Å². The standard InChI is InChI=1S/C12H13FN2O2S.C2H6/c1-7-4-9(13)12(16-3)10(5-7)15-18-11-6-17-8(2)14-11;1-2/h4-6,15H,1-3H3;1-2H3. The molecule has 2 aromatic rings. The molecule has 0 amide bonds. The van der Waals surface area contributed by atoms with E-state index in [1.165, 1.54) is 31.4 Å². The van der Waals surface area contributed by atoms with Crippen LogP contribution in [-0.4, -0.2) is 12.1 Å². The lowest BCUT2D eigenvalue weighted by Gasteiger charge is -2.11. The number of nitrogens with one attached hydrogen (secondary N) is 1. The zero-order valence-electron chi connectivity index (χ0n) is 12.3. The number of anilines is 1. The van der Waals surface area contributed by atoms with Gasteiger partial charge in [-0.05, 0) is 24.6 Å². The summed E-state index contributed by atoms with van der Waals surface area (Å²) in [6.45, 7) is 7.58. The molecule has 1 aromatic carbocycles. The Kier molecular flexibility index (Phi) is 6.38. The van der Waals surface area contributed by atoms with Crippen molar-refractivity contribution >= 4 is 17.6 Å². The van der Waals surface area contributed by atoms with Gasteiger partial charge in [-0.3, -0.25) is 0 Å². The summed E-state index contributed by atoms with van der Waals surface area (Å²) in [4.78, 5) is 4.13. The molecule has 1 aromatic heterocycles. The number of nitrogens with zero attached hydrogens (tertiary/aromatic N) is 1. The topological polar surface area (TPSA) is 47.3 Å². The van der Waals surface area contributed by atoms with Crippen LogP contribution in [0.4, 0.5) is 10.1 Å². The van der Waals surface area contributed by atoms with Crippen LogP contribution in [0, 0.1) is 19.7 Å². The first-order chi connectivity index (χ1) is 9.60. The SMILES string of the molecule is CC.COc1c(F)cc(C)cc1NSc1coc(C)n1. The minimum absolute atomic E-state index is 0.188. The van der Waals surface area contributed by atoms with E-state index in [1.54, 1.807) is 6.92 Å². The second-order valence-electron chi connectivity index (χ2n) is 3.74. The molecule has 0 aliphatic carbocycles. The second kappa shape index (κ2) is 7.79. The molecule has 0 aliphatic heterocycles. The molecule has 0 atom stereocenters. The van der Waals surface area contributed by atoms with Gasteiger partial charge in [-0.25, -0.2) is 9.37 Å². The van der Waals surface area contributed by atoms with E-state index >= 15 is 0 Å². The molecular formula is C14H19FN2O2S. The Morgan fingerprint density at radius 3 is 2.55 bits per heavy atom. The summed E-state index contributed by atoms with van der Waals surface area (Å²) in [6.07, 6.45) is 1.53. The highest BCUT2D eigenvalue weighted by Gasteiger charge is 2.11. The number of hydrogen-bond acceptors (Lipinski definition) is 5. The van der Waals surface area contributed by atoms with Gasteiger partial charge in [0.2, 0.25) is 0 Å². The van der Waals surface area contributed by atoms with E-state index in [9.17, 15) is 4.39 Å². The van der Waals surface area contributed by atoms with Crippen molar-refractivity contribution in [2.24, 2.45) is 0 Å². The number of ether oxygens (including phenoxy) is 1. The van der Waals surface area contributed by atoms with Gasteiger partial charge in [0.1, 0.15) is 6.26 Å². The summed E-state index contributed by atoms with van der Waals surface area (Å²) >= 11 is 1.24. The fourth-order valence-corrected chi connectivity index (χ4v) is 2.15. The lowest BCUT2D eigenvalue weighted by atomic mass is 10.2. The summed E-state index contributed by atoms with van der Waals surface area (Å²) in [7, 11) is 1.43. The molecule has 6 heteroatoms. The van der Waals surface area contributed by atoms with E-state index < -0.39 is 5.82 Å². The molecule has 0 unspecified atom stereocenters. The molecule has 0 aliphatic rings. The Morgan fingerprint density at radius 2 is 2.00 bits per heavy atom. The van der Waals surface area contributed by atoms with Crippen molar-refractivity contribution in [3.05, 3.63) is 35.7 Å². The normalized spacial score (nSPS) is 9.70. The Morgan fingerprint density at radius 1 is 1.30 bits per heavy atom. The van der Waals surface area contributed by atoms with Gasteiger partial charge in [-0.2, -0.15) is 0 Å². The minimum atomic E-state index is -0.392. The second-order valence-corrected chi connectivity index (χ2v) is 4.56. The molecular weight excluding hydrogens is 279 g/mol. The van der Waals surface area contributed by atoms with Crippen molar-refractivity contribution in [3.63, 3.8) is 0 Å². The Bertz CT molecular complexity index is 558. The van der Waals surface area contributed by atoms with Gasteiger partial charge < -0.3 is 13.9 Å². The van der Waals surface area contributed by atoms with Crippen molar-refractivity contribution in [3.8, 4) is 5.75 Å². The zero-order chi connectivity index (χ0) is 15.1. The van der Waals surface area contributed by atoms with Crippen LogP contribution in [-0.2, 0) is 0 Å². The van der Waals surface area contributed by atoms with Crippen molar-refractivity contribution in [1.29, 1.82) is 0 Å². The molecule has 0 bridgehead atoms. The molecule has 0 fully saturated rings. The predicted molar refractivity (Wildman–Crippen MR) is 79.8 cm³/mol. The molecule has 0 saturated carbocycles. The summed E-state index contributed by atoms with van der Waals surface area (Å²) < 4.78 is 26.7. The third-order valence-corrected chi connectivity index (χ3v) is 2.97. The maximum Gasteiger partial charge on any atom is 0.192 e. The molecule has 20 heavy (non-hydrogen) atoms. The highest BCUT2D eigenvalue weighted by atomic mass is 32.2. The van der Waals surface area contributed by atoms with Crippen LogP contribution in [0.15, 0.2) is 27.8 Å². The van der Waals surface area contributed by atoms with E-state index in [4.69, 9.17) is 9.15 Å². The van der Waals surface area contributed by atoms with Gasteiger partial charge in [-0.15, -0.1) is 0 Å². The minimum Gasteiger partial charge on any atom is -0.492 e.